The Balaban J connectivity index is 1.49. The Morgan fingerprint density at radius 1 is 1.00 bits per heavy atom. The van der Waals surface area contributed by atoms with Crippen molar-refractivity contribution in [3.05, 3.63) is 47.8 Å². The Labute approximate surface area is 227 Å². The normalized spacial score (nSPS) is 15.1. The molecule has 3 aromatic rings. The molecule has 2 amide bonds. The van der Waals surface area contributed by atoms with Gasteiger partial charge in [-0.25, -0.2) is 0 Å². The molecule has 0 aliphatic carbocycles. The Morgan fingerprint density at radius 3 is 2.40 bits per heavy atom. The molecule has 1 fully saturated rings. The van der Waals surface area contributed by atoms with Crippen molar-refractivity contribution in [2.24, 2.45) is 0 Å². The van der Waals surface area contributed by atoms with E-state index in [1.54, 1.807) is 0 Å². The number of likely N-dealkylation sites (N-methyl/N-ethyl adjacent to an activating group) is 1. The second-order valence-electron chi connectivity index (χ2n) is 8.71. The monoisotopic (exact) mass is 589 g/mol. The smallest absolute Gasteiger partial charge is 0.404 e. The number of ether oxygens (including phenoxy) is 1. The second kappa shape index (κ2) is 11.7. The van der Waals surface area contributed by atoms with Crippen LogP contribution in [0.15, 0.2) is 36.7 Å². The van der Waals surface area contributed by atoms with Crippen LogP contribution in [0.4, 0.5) is 37.2 Å². The molecule has 1 saturated heterocycles. The van der Waals surface area contributed by atoms with Crippen molar-refractivity contribution in [2.75, 3.05) is 50.4 Å². The summed E-state index contributed by atoms with van der Waals surface area (Å²) >= 11 is 0.760. The molecule has 0 saturated carbocycles. The zero-order valence-corrected chi connectivity index (χ0v) is 21.5. The van der Waals surface area contributed by atoms with Gasteiger partial charge in [-0.2, -0.15) is 13.2 Å². The number of pyridine rings is 1. The van der Waals surface area contributed by atoms with Gasteiger partial charge in [-0.1, -0.05) is 11.3 Å². The number of hydrogen-bond donors (Lipinski definition) is 2. The van der Waals surface area contributed by atoms with E-state index in [1.807, 2.05) is 11.9 Å². The number of amides is 2. The third-order valence-corrected chi connectivity index (χ3v) is 6.55. The maximum Gasteiger partial charge on any atom is 0.573 e. The summed E-state index contributed by atoms with van der Waals surface area (Å²) in [6.07, 6.45) is -7.87. The van der Waals surface area contributed by atoms with E-state index in [1.165, 1.54) is 0 Å². The summed E-state index contributed by atoms with van der Waals surface area (Å²) in [6, 6.07) is 3.77. The zero-order valence-electron chi connectivity index (χ0n) is 20.6. The van der Waals surface area contributed by atoms with Crippen molar-refractivity contribution >= 4 is 34.0 Å². The molecule has 2 aromatic heterocycles. The Bertz CT molecular complexity index is 1370. The van der Waals surface area contributed by atoms with Crippen LogP contribution in [0.2, 0.25) is 0 Å². The van der Waals surface area contributed by atoms with E-state index in [4.69, 9.17) is 0 Å². The predicted molar refractivity (Wildman–Crippen MR) is 132 cm³/mol. The minimum Gasteiger partial charge on any atom is -0.404 e. The highest BCUT2D eigenvalue weighted by molar-refractivity contribution is 7.18. The number of carbonyl (C=O) groups excluding carboxylic acids is 2. The summed E-state index contributed by atoms with van der Waals surface area (Å²) in [5, 5.41) is 12.2. The maximum absolute atomic E-state index is 13.0. The molecule has 17 heteroatoms. The summed E-state index contributed by atoms with van der Waals surface area (Å²) in [4.78, 5) is 32.8. The molecule has 3 heterocycles. The molecular formula is C23H21F6N7O3S. The average Bonchev–Trinajstić information content (AvgIpc) is 3.33. The summed E-state index contributed by atoms with van der Waals surface area (Å²) < 4.78 is 81.8. The van der Waals surface area contributed by atoms with Crippen LogP contribution in [0.25, 0.3) is 10.6 Å². The first-order valence-electron chi connectivity index (χ1n) is 11.5. The number of benzene rings is 1. The summed E-state index contributed by atoms with van der Waals surface area (Å²) in [7, 11) is 1.93. The Kier molecular flexibility index (Phi) is 8.55. The third kappa shape index (κ3) is 7.86. The van der Waals surface area contributed by atoms with Crippen LogP contribution < -0.4 is 15.4 Å². The van der Waals surface area contributed by atoms with Crippen LogP contribution in [0.5, 0.6) is 5.75 Å². The highest BCUT2D eigenvalue weighted by atomic mass is 32.1. The zero-order chi connectivity index (χ0) is 29.1. The van der Waals surface area contributed by atoms with Crippen LogP contribution >= 0.6 is 11.3 Å². The van der Waals surface area contributed by atoms with Crippen molar-refractivity contribution in [1.29, 1.82) is 0 Å². The number of nitrogens with zero attached hydrogens (tertiary/aromatic N) is 5. The van der Waals surface area contributed by atoms with Crippen LogP contribution in [0, 0.1) is 0 Å². The van der Waals surface area contributed by atoms with Gasteiger partial charge in [0, 0.05) is 49.7 Å². The lowest BCUT2D eigenvalue weighted by Gasteiger charge is -2.31. The topological polar surface area (TPSA) is 113 Å². The molecule has 0 atom stereocenters. The molecule has 0 radical (unpaired) electrons. The Hall–Kier alpha value is -3.83. The molecule has 40 heavy (non-hydrogen) atoms. The lowest BCUT2D eigenvalue weighted by Crippen LogP contribution is -2.47. The predicted octanol–water partition coefficient (Wildman–Crippen LogP) is 3.96. The summed E-state index contributed by atoms with van der Waals surface area (Å²) in [5.74, 6) is -2.14. The van der Waals surface area contributed by atoms with Gasteiger partial charge in [-0.15, -0.1) is 23.4 Å². The molecule has 1 aliphatic heterocycles. The largest absolute Gasteiger partial charge is 0.573 e. The number of hydrogen-bond acceptors (Lipinski definition) is 9. The van der Waals surface area contributed by atoms with E-state index in [0.29, 0.717) is 19.3 Å². The van der Waals surface area contributed by atoms with Gasteiger partial charge in [-0.05, 0) is 31.3 Å². The van der Waals surface area contributed by atoms with Crippen LogP contribution in [0.1, 0.15) is 15.9 Å². The van der Waals surface area contributed by atoms with Crippen LogP contribution in [-0.2, 0) is 11.0 Å². The first kappa shape index (κ1) is 29.2. The molecule has 2 N–H and O–H groups in total. The minimum absolute atomic E-state index is 0.0202. The molecule has 1 aliphatic rings. The maximum atomic E-state index is 13.0. The number of aromatic nitrogens is 3. The quantitative estimate of drug-likeness (QED) is 0.399. The van der Waals surface area contributed by atoms with E-state index < -0.39 is 35.7 Å². The number of rotatable bonds is 7. The molecule has 1 aromatic carbocycles. The van der Waals surface area contributed by atoms with Gasteiger partial charge in [0.2, 0.25) is 11.0 Å². The van der Waals surface area contributed by atoms with Crippen LogP contribution in [-0.4, -0.2) is 82.9 Å². The van der Waals surface area contributed by atoms with Crippen molar-refractivity contribution in [1.82, 2.24) is 25.0 Å². The number of nitrogens with one attached hydrogen (secondary N) is 2. The van der Waals surface area contributed by atoms with E-state index in [2.05, 4.69) is 35.5 Å². The molecule has 4 rings (SSSR count). The summed E-state index contributed by atoms with van der Waals surface area (Å²) in [6.45, 7) is 2.57. The Morgan fingerprint density at radius 2 is 1.73 bits per heavy atom. The molecule has 0 unspecified atom stereocenters. The molecule has 214 valence electrons. The molecule has 0 spiro atoms. The standard InChI is InChI=1S/C23H21F6N7O3S/c1-35-4-6-36(7-5-35)12-18(37)31-16-9-13(2-3-17(16)39-23(27,28)29)19(38)32-21-34-33-20(40-21)14-8-15(11-30-10-14)22(24,25)26/h2-3,8-11H,4-7,12H2,1H3,(H,31,37)(H,32,34,38). The fraction of sp³-hybridized carbons (Fsp3) is 0.348. The van der Waals surface area contributed by atoms with E-state index in [-0.39, 0.29) is 33.5 Å². The third-order valence-electron chi connectivity index (χ3n) is 5.66. The number of carbonyl (C=O) groups is 2. The van der Waals surface area contributed by atoms with Gasteiger partial charge in [0.1, 0.15) is 0 Å². The van der Waals surface area contributed by atoms with Gasteiger partial charge in [0.05, 0.1) is 17.8 Å². The first-order chi connectivity index (χ1) is 18.8. The lowest BCUT2D eigenvalue weighted by atomic mass is 10.1. The highest BCUT2D eigenvalue weighted by Gasteiger charge is 2.33. The second-order valence-corrected chi connectivity index (χ2v) is 9.69. The SMILES string of the molecule is CN1CCN(CC(=O)Nc2cc(C(=O)Nc3nnc(-c4cncc(C(F)(F)F)c4)s3)ccc2OC(F)(F)F)CC1. The van der Waals surface area contributed by atoms with Gasteiger partial charge in [-0.3, -0.25) is 24.8 Å². The van der Waals surface area contributed by atoms with Crippen molar-refractivity contribution in [3.8, 4) is 16.3 Å². The lowest BCUT2D eigenvalue weighted by molar-refractivity contribution is -0.274. The van der Waals surface area contributed by atoms with E-state index in [9.17, 15) is 35.9 Å². The van der Waals surface area contributed by atoms with Gasteiger partial charge in [0.15, 0.2) is 10.8 Å². The van der Waals surface area contributed by atoms with Crippen molar-refractivity contribution < 1.29 is 40.7 Å². The summed E-state index contributed by atoms with van der Waals surface area (Å²) in [5.41, 5.74) is -1.50. The van der Waals surface area contributed by atoms with Gasteiger partial charge < -0.3 is 15.0 Å². The molecule has 0 bridgehead atoms. The van der Waals surface area contributed by atoms with Crippen molar-refractivity contribution in [3.63, 3.8) is 0 Å². The van der Waals surface area contributed by atoms with E-state index in [0.717, 1.165) is 54.9 Å². The number of piperazine rings is 1. The molecule has 10 nitrogen and oxygen atoms in total. The van der Waals surface area contributed by atoms with Gasteiger partial charge in [0.25, 0.3) is 5.91 Å². The van der Waals surface area contributed by atoms with Gasteiger partial charge >= 0.3 is 12.5 Å². The van der Waals surface area contributed by atoms with Crippen LogP contribution in [0.3, 0.4) is 0 Å². The first-order valence-corrected chi connectivity index (χ1v) is 12.4. The minimum atomic E-state index is -5.05. The number of alkyl halides is 6. The average molecular weight is 590 g/mol. The number of anilines is 2. The molecular weight excluding hydrogens is 568 g/mol. The van der Waals surface area contributed by atoms with E-state index >= 15 is 0 Å². The highest BCUT2D eigenvalue weighted by Crippen LogP contribution is 2.34. The van der Waals surface area contributed by atoms with Crippen molar-refractivity contribution in [2.45, 2.75) is 12.5 Å². The fourth-order valence-corrected chi connectivity index (χ4v) is 4.37. The number of halogens is 6. The fourth-order valence-electron chi connectivity index (χ4n) is 3.65.